The molecule has 0 aromatic heterocycles. The maximum atomic E-state index is 11.9. The summed E-state index contributed by atoms with van der Waals surface area (Å²) in [6.07, 6.45) is 0. The molecule has 0 bridgehead atoms. The quantitative estimate of drug-likeness (QED) is 0.510. The van der Waals surface area contributed by atoms with Gasteiger partial charge in [-0.3, -0.25) is 10.2 Å². The van der Waals surface area contributed by atoms with Crippen molar-refractivity contribution in [2.24, 2.45) is 5.10 Å². The summed E-state index contributed by atoms with van der Waals surface area (Å²) in [5.74, 6) is 0.0733. The highest BCUT2D eigenvalue weighted by molar-refractivity contribution is 6.43. The Balaban J connectivity index is 2.28. The second kappa shape index (κ2) is 7.29. The van der Waals surface area contributed by atoms with E-state index in [1.54, 1.807) is 36.2 Å². The van der Waals surface area contributed by atoms with Gasteiger partial charge in [0.15, 0.2) is 11.6 Å². The van der Waals surface area contributed by atoms with Crippen molar-refractivity contribution in [3.05, 3.63) is 58.6 Å². The molecule has 0 spiro atoms. The van der Waals surface area contributed by atoms with Gasteiger partial charge < -0.3 is 4.90 Å². The standard InChI is InChI=1S/C16H15Cl2N3O/c1-11(22)16(20-19-15-9-4-3-8-14(15)18)21(2)13-7-5-6-12(17)10-13/h3-10,19H,1-2H3/b20-16+. The molecule has 0 unspecified atom stereocenters. The number of carbonyl (C=O) groups is 1. The molecule has 4 nitrogen and oxygen atoms in total. The van der Waals surface area contributed by atoms with Crippen molar-refractivity contribution in [3.8, 4) is 0 Å². The number of hydrogen-bond donors (Lipinski definition) is 1. The van der Waals surface area contributed by atoms with E-state index in [1.165, 1.54) is 6.92 Å². The first-order valence-electron chi connectivity index (χ1n) is 6.57. The van der Waals surface area contributed by atoms with E-state index in [4.69, 9.17) is 23.2 Å². The van der Waals surface area contributed by atoms with E-state index in [0.717, 1.165) is 5.69 Å². The number of hydrogen-bond acceptors (Lipinski definition) is 3. The molecule has 6 heteroatoms. The Hall–Kier alpha value is -2.04. The molecule has 0 saturated carbocycles. The van der Waals surface area contributed by atoms with Crippen LogP contribution < -0.4 is 10.3 Å². The number of rotatable bonds is 4. The number of hydrazone groups is 1. The zero-order chi connectivity index (χ0) is 16.1. The van der Waals surface area contributed by atoms with Gasteiger partial charge in [-0.25, -0.2) is 0 Å². The van der Waals surface area contributed by atoms with Crippen molar-refractivity contribution in [3.63, 3.8) is 0 Å². The minimum atomic E-state index is -0.179. The molecule has 0 aliphatic carbocycles. The molecule has 0 saturated heterocycles. The maximum absolute atomic E-state index is 11.9. The Labute approximate surface area is 139 Å². The number of para-hydroxylation sites is 1. The Morgan fingerprint density at radius 1 is 1.14 bits per heavy atom. The highest BCUT2D eigenvalue weighted by atomic mass is 35.5. The molecule has 22 heavy (non-hydrogen) atoms. The first kappa shape index (κ1) is 16.3. The second-order valence-corrected chi connectivity index (χ2v) is 5.47. The minimum Gasteiger partial charge on any atom is -0.325 e. The molecular weight excluding hydrogens is 321 g/mol. The smallest absolute Gasteiger partial charge is 0.196 e. The Kier molecular flexibility index (Phi) is 5.41. The topological polar surface area (TPSA) is 44.7 Å². The van der Waals surface area contributed by atoms with Crippen molar-refractivity contribution in [2.75, 3.05) is 17.4 Å². The highest BCUT2D eigenvalue weighted by Gasteiger charge is 2.14. The van der Waals surface area contributed by atoms with Gasteiger partial charge in [0.25, 0.3) is 0 Å². The van der Waals surface area contributed by atoms with Crippen LogP contribution in [0.4, 0.5) is 11.4 Å². The molecule has 0 radical (unpaired) electrons. The summed E-state index contributed by atoms with van der Waals surface area (Å²) >= 11 is 12.0. The van der Waals surface area contributed by atoms with Crippen LogP contribution in [0.25, 0.3) is 0 Å². The molecule has 0 fully saturated rings. The van der Waals surface area contributed by atoms with Gasteiger partial charge in [0, 0.05) is 24.7 Å². The third kappa shape index (κ3) is 4.00. The summed E-state index contributed by atoms with van der Waals surface area (Å²) in [5, 5.41) is 5.29. The van der Waals surface area contributed by atoms with E-state index in [0.29, 0.717) is 15.7 Å². The first-order valence-corrected chi connectivity index (χ1v) is 7.33. The minimum absolute atomic E-state index is 0.179. The lowest BCUT2D eigenvalue weighted by Gasteiger charge is -2.20. The Morgan fingerprint density at radius 3 is 2.50 bits per heavy atom. The van der Waals surface area contributed by atoms with Gasteiger partial charge in [0.05, 0.1) is 10.7 Å². The van der Waals surface area contributed by atoms with Gasteiger partial charge in [-0.2, -0.15) is 5.10 Å². The van der Waals surface area contributed by atoms with Gasteiger partial charge in [-0.15, -0.1) is 0 Å². The van der Waals surface area contributed by atoms with Gasteiger partial charge in [-0.05, 0) is 30.3 Å². The number of ketones is 1. The third-order valence-corrected chi connectivity index (χ3v) is 3.55. The fourth-order valence-corrected chi connectivity index (χ4v) is 2.22. The zero-order valence-electron chi connectivity index (χ0n) is 12.2. The molecule has 2 aromatic rings. The van der Waals surface area contributed by atoms with Crippen molar-refractivity contribution in [1.29, 1.82) is 0 Å². The SMILES string of the molecule is CC(=O)/C(=N\Nc1ccccc1Cl)N(C)c1cccc(Cl)c1. The van der Waals surface area contributed by atoms with Gasteiger partial charge in [0.1, 0.15) is 0 Å². The maximum Gasteiger partial charge on any atom is 0.196 e. The van der Waals surface area contributed by atoms with Crippen LogP contribution in [0.15, 0.2) is 53.6 Å². The summed E-state index contributed by atoms with van der Waals surface area (Å²) in [6.45, 7) is 1.45. The number of anilines is 2. The van der Waals surface area contributed by atoms with E-state index in [9.17, 15) is 4.79 Å². The van der Waals surface area contributed by atoms with Crippen LogP contribution in [-0.2, 0) is 4.79 Å². The predicted molar refractivity (Wildman–Crippen MR) is 93.0 cm³/mol. The lowest BCUT2D eigenvalue weighted by Crippen LogP contribution is -2.33. The summed E-state index contributed by atoms with van der Waals surface area (Å²) in [4.78, 5) is 13.5. The lowest BCUT2D eigenvalue weighted by molar-refractivity contribution is -0.111. The molecule has 0 aliphatic rings. The Bertz CT molecular complexity index is 716. The van der Waals surface area contributed by atoms with Crippen LogP contribution in [0, 0.1) is 0 Å². The van der Waals surface area contributed by atoms with E-state index in [-0.39, 0.29) is 11.6 Å². The molecular formula is C16H15Cl2N3O. The lowest BCUT2D eigenvalue weighted by atomic mass is 10.2. The number of halogens is 2. The Morgan fingerprint density at radius 2 is 1.86 bits per heavy atom. The molecule has 2 rings (SSSR count). The second-order valence-electron chi connectivity index (χ2n) is 4.62. The normalized spacial score (nSPS) is 11.2. The monoisotopic (exact) mass is 335 g/mol. The molecule has 0 amide bonds. The molecule has 1 N–H and O–H groups in total. The number of carbonyl (C=O) groups excluding carboxylic acids is 1. The van der Waals surface area contributed by atoms with Crippen molar-refractivity contribution < 1.29 is 4.79 Å². The number of benzene rings is 2. The van der Waals surface area contributed by atoms with Crippen LogP contribution in [0.1, 0.15) is 6.92 Å². The van der Waals surface area contributed by atoms with Crippen LogP contribution in [0.3, 0.4) is 0 Å². The number of nitrogens with zero attached hydrogens (tertiary/aromatic N) is 2. The fourth-order valence-electron chi connectivity index (χ4n) is 1.86. The van der Waals surface area contributed by atoms with Crippen molar-refractivity contribution >= 4 is 46.2 Å². The fraction of sp³-hybridized carbons (Fsp3) is 0.125. The van der Waals surface area contributed by atoms with E-state index in [1.807, 2.05) is 24.3 Å². The van der Waals surface area contributed by atoms with E-state index >= 15 is 0 Å². The number of nitrogens with one attached hydrogen (secondary N) is 1. The average molecular weight is 336 g/mol. The first-order chi connectivity index (χ1) is 10.5. The van der Waals surface area contributed by atoms with Crippen LogP contribution in [0.5, 0.6) is 0 Å². The van der Waals surface area contributed by atoms with Gasteiger partial charge in [0.2, 0.25) is 0 Å². The number of likely N-dealkylation sites (N-methyl/N-ethyl adjacent to an activating group) is 1. The summed E-state index contributed by atoms with van der Waals surface area (Å²) < 4.78 is 0. The van der Waals surface area contributed by atoms with E-state index < -0.39 is 0 Å². The molecule has 0 atom stereocenters. The number of amidine groups is 1. The van der Waals surface area contributed by atoms with Crippen molar-refractivity contribution in [2.45, 2.75) is 6.92 Å². The molecule has 2 aromatic carbocycles. The van der Waals surface area contributed by atoms with Gasteiger partial charge in [-0.1, -0.05) is 41.4 Å². The van der Waals surface area contributed by atoms with Crippen LogP contribution in [-0.4, -0.2) is 18.7 Å². The summed E-state index contributed by atoms with van der Waals surface area (Å²) in [6, 6.07) is 14.4. The van der Waals surface area contributed by atoms with E-state index in [2.05, 4.69) is 10.5 Å². The molecule has 0 heterocycles. The third-order valence-electron chi connectivity index (χ3n) is 2.98. The highest BCUT2D eigenvalue weighted by Crippen LogP contribution is 2.21. The summed E-state index contributed by atoms with van der Waals surface area (Å²) in [7, 11) is 1.75. The summed E-state index contributed by atoms with van der Waals surface area (Å²) in [5.41, 5.74) is 4.21. The largest absolute Gasteiger partial charge is 0.325 e. The molecule has 114 valence electrons. The van der Waals surface area contributed by atoms with Crippen molar-refractivity contribution in [1.82, 2.24) is 0 Å². The average Bonchev–Trinajstić information content (AvgIpc) is 2.48. The van der Waals surface area contributed by atoms with Gasteiger partial charge >= 0.3 is 0 Å². The predicted octanol–water partition coefficient (Wildman–Crippen LogP) is 4.44. The molecule has 0 aliphatic heterocycles. The van der Waals surface area contributed by atoms with Crippen LogP contribution in [0.2, 0.25) is 10.0 Å². The zero-order valence-corrected chi connectivity index (χ0v) is 13.7. The van der Waals surface area contributed by atoms with Crippen LogP contribution >= 0.6 is 23.2 Å². The number of Topliss-reactive ketones (excluding diaryl/α,β-unsaturated/α-hetero) is 1.